The van der Waals surface area contributed by atoms with Crippen molar-refractivity contribution >= 4 is 43.6 Å². The summed E-state index contributed by atoms with van der Waals surface area (Å²) in [5, 5.41) is 13.8. The van der Waals surface area contributed by atoms with E-state index in [0.29, 0.717) is 33.4 Å². The molecule has 2 heterocycles. The maximum Gasteiger partial charge on any atom is 0.418 e. The Kier molecular flexibility index (Phi) is 10.6. The summed E-state index contributed by atoms with van der Waals surface area (Å²) in [4.78, 5) is 0. The molecule has 0 spiro atoms. The molecule has 0 bridgehead atoms. The fourth-order valence-corrected chi connectivity index (χ4v) is 11.0. The largest absolute Gasteiger partial charge is 0.418 e. The van der Waals surface area contributed by atoms with Crippen LogP contribution in [-0.2, 0) is 6.18 Å². The molecule has 0 saturated heterocycles. The Morgan fingerprint density at radius 1 is 0.347 bits per heavy atom. The van der Waals surface area contributed by atoms with Gasteiger partial charge in [0.1, 0.15) is 0 Å². The van der Waals surface area contributed by atoms with Crippen molar-refractivity contribution in [1.29, 1.82) is 5.26 Å². The molecule has 0 radical (unpaired) electrons. The molecule has 0 unspecified atom stereocenters. The highest BCUT2D eigenvalue weighted by Crippen LogP contribution is 2.47. The number of aromatic nitrogens is 2. The molecule has 3 nitrogen and oxygen atoms in total. The fraction of sp³-hybridized carbons (Fsp3) is 0.0758. The number of benzene rings is 10. The van der Waals surface area contributed by atoms with Gasteiger partial charge >= 0.3 is 6.18 Å². The van der Waals surface area contributed by atoms with Crippen molar-refractivity contribution in [3.8, 4) is 73.1 Å². The smallest absolute Gasteiger partial charge is 0.309 e. The summed E-state index contributed by atoms with van der Waals surface area (Å²) in [6.07, 6.45) is -4.82. The average molecular weight is 938 g/mol. The number of nitriles is 1. The Morgan fingerprint density at radius 3 is 1.04 bits per heavy atom. The van der Waals surface area contributed by atoms with Gasteiger partial charge in [-0.3, -0.25) is 0 Å². The minimum atomic E-state index is -4.82. The van der Waals surface area contributed by atoms with Gasteiger partial charge in [-0.15, -0.1) is 0 Å². The number of nitrogens with zero attached hydrogens (tertiary/aromatic N) is 3. The van der Waals surface area contributed by atoms with Gasteiger partial charge in [-0.25, -0.2) is 0 Å². The molecule has 12 rings (SSSR count). The first-order chi connectivity index (χ1) is 34.9. The van der Waals surface area contributed by atoms with Crippen molar-refractivity contribution in [1.82, 2.24) is 9.13 Å². The lowest BCUT2D eigenvalue weighted by Crippen LogP contribution is -2.13. The highest BCUT2D eigenvalue weighted by Gasteiger charge is 2.37. The first kappa shape index (κ1) is 44.3. The molecule has 0 atom stereocenters. The van der Waals surface area contributed by atoms with Gasteiger partial charge in [-0.1, -0.05) is 158 Å². The summed E-state index contributed by atoms with van der Waals surface area (Å²) in [5.41, 5.74) is 15.9. The molecule has 72 heavy (non-hydrogen) atoms. The first-order valence-electron chi connectivity index (χ1n) is 24.1. The van der Waals surface area contributed by atoms with E-state index in [9.17, 15) is 5.26 Å². The van der Waals surface area contributed by atoms with Gasteiger partial charge in [-0.2, -0.15) is 18.4 Å². The maximum atomic E-state index is 16.7. The number of fused-ring (bicyclic) bond motifs is 6. The van der Waals surface area contributed by atoms with Crippen LogP contribution in [0.4, 0.5) is 13.2 Å². The van der Waals surface area contributed by atoms with Gasteiger partial charge < -0.3 is 9.13 Å². The topological polar surface area (TPSA) is 33.6 Å². The lowest BCUT2D eigenvalue weighted by molar-refractivity contribution is -0.137. The molecule has 2 aromatic heterocycles. The zero-order valence-electron chi connectivity index (χ0n) is 40.1. The van der Waals surface area contributed by atoms with Crippen LogP contribution in [0.25, 0.3) is 111 Å². The minimum Gasteiger partial charge on any atom is -0.309 e. The Bertz CT molecular complexity index is 4010. The molecule has 6 heteroatoms. The molecule has 0 saturated carbocycles. The number of hydrogen-bond acceptors (Lipinski definition) is 1. The van der Waals surface area contributed by atoms with Gasteiger partial charge in [0.05, 0.1) is 50.6 Å². The van der Waals surface area contributed by atoms with Gasteiger partial charge in [-0.05, 0) is 149 Å². The number of alkyl halides is 3. The highest BCUT2D eigenvalue weighted by molar-refractivity contribution is 6.13. The predicted molar refractivity (Wildman–Crippen MR) is 291 cm³/mol. The molecule has 0 N–H and O–H groups in total. The van der Waals surface area contributed by atoms with E-state index in [1.807, 2.05) is 114 Å². The molecular weight excluding hydrogens is 892 g/mol. The van der Waals surface area contributed by atoms with Crippen LogP contribution < -0.4 is 0 Å². The molecule has 0 amide bonds. The van der Waals surface area contributed by atoms with E-state index in [-0.39, 0.29) is 5.69 Å². The maximum absolute atomic E-state index is 16.7. The highest BCUT2D eigenvalue weighted by atomic mass is 19.4. The van der Waals surface area contributed by atoms with Crippen LogP contribution in [0.3, 0.4) is 0 Å². The average Bonchev–Trinajstić information content (AvgIpc) is 3.89. The van der Waals surface area contributed by atoms with Crippen molar-refractivity contribution in [2.75, 3.05) is 0 Å². The molecule has 0 aliphatic heterocycles. The third kappa shape index (κ3) is 7.36. The van der Waals surface area contributed by atoms with E-state index in [1.54, 1.807) is 24.3 Å². The summed E-state index contributed by atoms with van der Waals surface area (Å²) in [5.74, 6) is 0. The SMILES string of the molecule is Cc1ccccc1-c1ccc2c3ccc(-c4ccccc4C)cc3n(-c3cc(C(F)(F)F)c(-n4c5cc(-c6ccccc6C)ccc5c5ccc(-c6ccccc6C)cc54)cc3-c3cccc(C#N)c3)c2c1. The lowest BCUT2D eigenvalue weighted by atomic mass is 9.96. The van der Waals surface area contributed by atoms with Crippen LogP contribution >= 0.6 is 0 Å². The second-order valence-corrected chi connectivity index (χ2v) is 18.9. The fourth-order valence-electron chi connectivity index (χ4n) is 11.0. The Labute approximate surface area is 415 Å². The van der Waals surface area contributed by atoms with Crippen molar-refractivity contribution in [3.05, 3.63) is 240 Å². The van der Waals surface area contributed by atoms with Crippen molar-refractivity contribution in [2.24, 2.45) is 0 Å². The monoisotopic (exact) mass is 937 g/mol. The van der Waals surface area contributed by atoms with Gasteiger partial charge in [0.15, 0.2) is 0 Å². The quantitative estimate of drug-likeness (QED) is 0.157. The van der Waals surface area contributed by atoms with E-state index in [2.05, 4.69) is 105 Å². The van der Waals surface area contributed by atoms with E-state index >= 15 is 13.2 Å². The van der Waals surface area contributed by atoms with E-state index in [0.717, 1.165) is 99.3 Å². The second-order valence-electron chi connectivity index (χ2n) is 18.9. The van der Waals surface area contributed by atoms with Crippen LogP contribution in [0, 0.1) is 39.0 Å². The predicted octanol–water partition coefficient (Wildman–Crippen LogP) is 18.3. The third-order valence-electron chi connectivity index (χ3n) is 14.6. The van der Waals surface area contributed by atoms with Crippen LogP contribution in [-0.4, -0.2) is 9.13 Å². The molecule has 0 aliphatic carbocycles. The zero-order chi connectivity index (χ0) is 49.4. The van der Waals surface area contributed by atoms with E-state index in [4.69, 9.17) is 0 Å². The number of halogens is 3. The Hall–Kier alpha value is -8.92. The summed E-state index contributed by atoms with van der Waals surface area (Å²) in [7, 11) is 0. The number of rotatable bonds is 7. The van der Waals surface area contributed by atoms with E-state index < -0.39 is 11.7 Å². The van der Waals surface area contributed by atoms with E-state index in [1.165, 1.54) is 6.07 Å². The molecule has 0 fully saturated rings. The standard InChI is InChI=1S/C66H46F3N3/c1-40-14-5-9-20-50(40)46-24-28-54-55-29-25-47(51-21-10-6-15-41(51)2)34-61(55)71(60(54)33-46)64-38-59(66(67,68)69)65(37-58(64)45-19-13-18-44(32-45)39-70)72-62-35-48(52-22-11-7-16-42(52)3)26-30-56(62)57-31-27-49(36-63(57)72)53-23-12-8-17-43(53)4/h5-38H,1-4H3. The second kappa shape index (κ2) is 17.2. The summed E-state index contributed by atoms with van der Waals surface area (Å²) in [6, 6.07) is 69.9. The van der Waals surface area contributed by atoms with Gasteiger partial charge in [0.2, 0.25) is 0 Å². The molecular formula is C66H46F3N3. The van der Waals surface area contributed by atoms with Crippen molar-refractivity contribution in [3.63, 3.8) is 0 Å². The normalized spacial score (nSPS) is 11.8. The number of hydrogen-bond donors (Lipinski definition) is 0. The molecule has 0 aliphatic rings. The summed E-state index contributed by atoms with van der Waals surface area (Å²) < 4.78 is 54.0. The molecule has 346 valence electrons. The summed E-state index contributed by atoms with van der Waals surface area (Å²) >= 11 is 0. The van der Waals surface area contributed by atoms with Crippen LogP contribution in [0.5, 0.6) is 0 Å². The third-order valence-corrected chi connectivity index (χ3v) is 14.6. The first-order valence-corrected chi connectivity index (χ1v) is 24.1. The minimum absolute atomic E-state index is 0.0190. The van der Waals surface area contributed by atoms with Gasteiger partial charge in [0.25, 0.3) is 0 Å². The molecule has 12 aromatic rings. The molecule has 10 aromatic carbocycles. The number of aryl methyl sites for hydroxylation is 4. The lowest BCUT2D eigenvalue weighted by Gasteiger charge is -2.22. The van der Waals surface area contributed by atoms with Crippen molar-refractivity contribution in [2.45, 2.75) is 33.9 Å². The zero-order valence-corrected chi connectivity index (χ0v) is 40.1. The van der Waals surface area contributed by atoms with Crippen LogP contribution in [0.1, 0.15) is 33.4 Å². The van der Waals surface area contributed by atoms with Crippen LogP contribution in [0.2, 0.25) is 0 Å². The van der Waals surface area contributed by atoms with Gasteiger partial charge in [0, 0.05) is 27.1 Å². The summed E-state index contributed by atoms with van der Waals surface area (Å²) in [6.45, 7) is 8.24. The van der Waals surface area contributed by atoms with Crippen LogP contribution in [0.15, 0.2) is 206 Å². The van der Waals surface area contributed by atoms with Crippen molar-refractivity contribution < 1.29 is 13.2 Å². The Morgan fingerprint density at radius 2 is 0.694 bits per heavy atom. The Balaban J connectivity index is 1.24.